The molecule has 1 aromatic heterocycles. The zero-order valence-electron chi connectivity index (χ0n) is 12.6. The number of nitrogens with one attached hydrogen (secondary N) is 1. The number of nitrogens with two attached hydrogens (primary N) is 1. The van der Waals surface area contributed by atoms with Crippen LogP contribution in [0, 0.1) is 0 Å². The molecule has 6 nitrogen and oxygen atoms in total. The molecule has 2 rings (SSSR count). The number of carbonyl (C=O) groups is 1. The van der Waals surface area contributed by atoms with Crippen LogP contribution in [0.3, 0.4) is 0 Å². The molecule has 0 aromatic carbocycles. The van der Waals surface area contributed by atoms with Crippen molar-refractivity contribution in [2.45, 2.75) is 51.7 Å². The molecular formula is C14H24N4O2S. The standard InChI is InChI=1S/C14H24N4O2S/c1-9(8-10(2)19)16-13(20)11-12(15)17-14(21-11)18-6-4-3-5-7-18/h9-10,19H,3-8,15H2,1-2H3,(H,16,20). The van der Waals surface area contributed by atoms with E-state index in [1.54, 1.807) is 6.92 Å². The van der Waals surface area contributed by atoms with Crippen molar-refractivity contribution in [2.75, 3.05) is 23.7 Å². The predicted molar refractivity (Wildman–Crippen MR) is 85.8 cm³/mol. The van der Waals surface area contributed by atoms with Gasteiger partial charge < -0.3 is 21.1 Å². The highest BCUT2D eigenvalue weighted by Crippen LogP contribution is 2.30. The van der Waals surface area contributed by atoms with Crippen LogP contribution in [-0.2, 0) is 0 Å². The minimum Gasteiger partial charge on any atom is -0.393 e. The van der Waals surface area contributed by atoms with E-state index in [9.17, 15) is 9.90 Å². The number of aromatic nitrogens is 1. The number of thiazole rings is 1. The second kappa shape index (κ2) is 7.09. The number of aliphatic hydroxyl groups is 1. The zero-order valence-corrected chi connectivity index (χ0v) is 13.4. The van der Waals surface area contributed by atoms with Crippen molar-refractivity contribution in [1.82, 2.24) is 10.3 Å². The summed E-state index contributed by atoms with van der Waals surface area (Å²) in [5, 5.41) is 13.0. The van der Waals surface area contributed by atoms with Gasteiger partial charge in [-0.2, -0.15) is 0 Å². The van der Waals surface area contributed by atoms with E-state index in [1.807, 2.05) is 6.92 Å². The van der Waals surface area contributed by atoms with Gasteiger partial charge in [-0.3, -0.25) is 4.79 Å². The van der Waals surface area contributed by atoms with Crippen molar-refractivity contribution >= 4 is 28.2 Å². The Labute approximate surface area is 129 Å². The molecule has 2 unspecified atom stereocenters. The van der Waals surface area contributed by atoms with Gasteiger partial charge in [-0.05, 0) is 39.5 Å². The van der Waals surface area contributed by atoms with Gasteiger partial charge in [0, 0.05) is 19.1 Å². The fourth-order valence-corrected chi connectivity index (χ4v) is 3.50. The van der Waals surface area contributed by atoms with Gasteiger partial charge in [0.15, 0.2) is 5.13 Å². The Bertz CT molecular complexity index is 483. The second-order valence-corrected chi connectivity index (χ2v) is 6.70. The van der Waals surface area contributed by atoms with E-state index in [0.29, 0.717) is 17.1 Å². The number of hydrogen-bond acceptors (Lipinski definition) is 6. The number of amides is 1. The number of hydrogen-bond donors (Lipinski definition) is 3. The summed E-state index contributed by atoms with van der Waals surface area (Å²) in [6, 6.07) is -0.0996. The van der Waals surface area contributed by atoms with Gasteiger partial charge in [-0.15, -0.1) is 0 Å². The quantitative estimate of drug-likeness (QED) is 0.768. The maximum Gasteiger partial charge on any atom is 0.265 e. The summed E-state index contributed by atoms with van der Waals surface area (Å²) >= 11 is 1.35. The van der Waals surface area contributed by atoms with Gasteiger partial charge in [0.2, 0.25) is 0 Å². The molecule has 0 aliphatic carbocycles. The largest absolute Gasteiger partial charge is 0.393 e. The van der Waals surface area contributed by atoms with Crippen LogP contribution < -0.4 is 16.0 Å². The van der Waals surface area contributed by atoms with E-state index < -0.39 is 6.10 Å². The minimum absolute atomic E-state index is 0.0996. The van der Waals surface area contributed by atoms with Crippen molar-refractivity contribution in [3.63, 3.8) is 0 Å². The second-order valence-electron chi connectivity index (χ2n) is 5.72. The number of aliphatic hydroxyl groups excluding tert-OH is 1. The number of nitrogens with zero attached hydrogens (tertiary/aromatic N) is 2. The molecule has 1 aliphatic rings. The molecule has 1 aromatic rings. The third kappa shape index (κ3) is 4.31. The van der Waals surface area contributed by atoms with E-state index in [4.69, 9.17) is 5.73 Å². The summed E-state index contributed by atoms with van der Waals surface area (Å²) in [5.41, 5.74) is 5.89. The molecule has 0 bridgehead atoms. The summed E-state index contributed by atoms with van der Waals surface area (Å²) < 4.78 is 0. The van der Waals surface area contributed by atoms with Crippen LogP contribution >= 0.6 is 11.3 Å². The molecule has 2 atom stereocenters. The lowest BCUT2D eigenvalue weighted by atomic mass is 10.1. The lowest BCUT2D eigenvalue weighted by molar-refractivity contribution is 0.0928. The van der Waals surface area contributed by atoms with Crippen LogP contribution in [0.25, 0.3) is 0 Å². The average Bonchev–Trinajstić information content (AvgIpc) is 2.81. The summed E-state index contributed by atoms with van der Waals surface area (Å²) in [6.45, 7) is 5.53. The van der Waals surface area contributed by atoms with Crippen LogP contribution in [-0.4, -0.2) is 41.2 Å². The van der Waals surface area contributed by atoms with Crippen molar-refractivity contribution in [2.24, 2.45) is 0 Å². The summed E-state index contributed by atoms with van der Waals surface area (Å²) in [7, 11) is 0. The smallest absolute Gasteiger partial charge is 0.265 e. The van der Waals surface area contributed by atoms with Gasteiger partial charge in [-0.25, -0.2) is 4.98 Å². The molecule has 21 heavy (non-hydrogen) atoms. The minimum atomic E-state index is -0.442. The van der Waals surface area contributed by atoms with Gasteiger partial charge in [0.25, 0.3) is 5.91 Å². The van der Waals surface area contributed by atoms with Gasteiger partial charge >= 0.3 is 0 Å². The third-order valence-corrected chi connectivity index (χ3v) is 4.68. The van der Waals surface area contributed by atoms with E-state index in [0.717, 1.165) is 31.1 Å². The summed E-state index contributed by atoms with van der Waals surface area (Å²) in [6.07, 6.45) is 3.65. The molecule has 7 heteroatoms. The summed E-state index contributed by atoms with van der Waals surface area (Å²) in [4.78, 5) is 19.2. The Hall–Kier alpha value is -1.34. The van der Waals surface area contributed by atoms with E-state index in [2.05, 4.69) is 15.2 Å². The molecule has 1 amide bonds. The molecule has 0 radical (unpaired) electrons. The lowest BCUT2D eigenvalue weighted by Crippen LogP contribution is -2.34. The molecule has 0 spiro atoms. The van der Waals surface area contributed by atoms with Crippen molar-refractivity contribution < 1.29 is 9.90 Å². The maximum atomic E-state index is 12.2. The topological polar surface area (TPSA) is 91.5 Å². The molecule has 2 heterocycles. The van der Waals surface area contributed by atoms with Crippen LogP contribution in [0.5, 0.6) is 0 Å². The summed E-state index contributed by atoms with van der Waals surface area (Å²) in [5.74, 6) is 0.0868. The number of rotatable bonds is 5. The fraction of sp³-hybridized carbons (Fsp3) is 0.714. The van der Waals surface area contributed by atoms with Crippen LogP contribution in [0.15, 0.2) is 0 Å². The first-order valence-corrected chi connectivity index (χ1v) is 8.29. The first-order valence-electron chi connectivity index (χ1n) is 7.47. The van der Waals surface area contributed by atoms with Crippen LogP contribution in [0.1, 0.15) is 49.2 Å². The number of piperidine rings is 1. The first kappa shape index (κ1) is 16.0. The van der Waals surface area contributed by atoms with Crippen LogP contribution in [0.2, 0.25) is 0 Å². The highest BCUT2D eigenvalue weighted by Gasteiger charge is 2.22. The number of nitrogen functional groups attached to an aromatic ring is 1. The Kier molecular flexibility index (Phi) is 5.41. The Morgan fingerprint density at radius 1 is 1.43 bits per heavy atom. The van der Waals surface area contributed by atoms with Gasteiger partial charge in [-0.1, -0.05) is 11.3 Å². The SMILES string of the molecule is CC(O)CC(C)NC(=O)c1sc(N2CCCCC2)nc1N. The fourth-order valence-electron chi connectivity index (χ4n) is 2.56. The molecule has 1 saturated heterocycles. The molecule has 1 fully saturated rings. The molecule has 1 aliphatic heterocycles. The molecule has 4 N–H and O–H groups in total. The predicted octanol–water partition coefficient (Wildman–Crippen LogP) is 1.60. The molecule has 118 valence electrons. The maximum absolute atomic E-state index is 12.2. The average molecular weight is 312 g/mol. The normalized spacial score (nSPS) is 18.3. The van der Waals surface area contributed by atoms with Gasteiger partial charge in [0.05, 0.1) is 6.10 Å². The zero-order chi connectivity index (χ0) is 15.4. The highest BCUT2D eigenvalue weighted by atomic mass is 32.1. The molecule has 0 saturated carbocycles. The highest BCUT2D eigenvalue weighted by molar-refractivity contribution is 7.18. The van der Waals surface area contributed by atoms with E-state index >= 15 is 0 Å². The van der Waals surface area contributed by atoms with E-state index in [-0.39, 0.29) is 11.9 Å². The number of carbonyl (C=O) groups excluding carboxylic acids is 1. The molecular weight excluding hydrogens is 288 g/mol. The van der Waals surface area contributed by atoms with Gasteiger partial charge in [0.1, 0.15) is 10.7 Å². The Morgan fingerprint density at radius 3 is 2.71 bits per heavy atom. The third-order valence-electron chi connectivity index (χ3n) is 3.55. The number of anilines is 2. The van der Waals surface area contributed by atoms with Crippen molar-refractivity contribution in [1.29, 1.82) is 0 Å². The van der Waals surface area contributed by atoms with E-state index in [1.165, 1.54) is 17.8 Å². The lowest BCUT2D eigenvalue weighted by Gasteiger charge is -2.25. The first-order chi connectivity index (χ1) is 9.97. The Balaban J connectivity index is 2.02. The van der Waals surface area contributed by atoms with Crippen molar-refractivity contribution in [3.8, 4) is 0 Å². The monoisotopic (exact) mass is 312 g/mol. The van der Waals surface area contributed by atoms with Crippen LogP contribution in [0.4, 0.5) is 10.9 Å². The Morgan fingerprint density at radius 2 is 2.10 bits per heavy atom. The van der Waals surface area contributed by atoms with Crippen molar-refractivity contribution in [3.05, 3.63) is 4.88 Å².